The van der Waals surface area contributed by atoms with Crippen molar-refractivity contribution < 1.29 is 17.6 Å². The zero-order valence-corrected chi connectivity index (χ0v) is 15.1. The maximum atomic E-state index is 13.2. The number of hydrogen-bond acceptors (Lipinski definition) is 4. The molecule has 0 spiro atoms. The highest BCUT2D eigenvalue weighted by atomic mass is 32.2. The number of rotatable bonds is 8. The zero-order chi connectivity index (χ0) is 19.2. The topological polar surface area (TPSA) is 97.3 Å². The van der Waals surface area contributed by atoms with Gasteiger partial charge in [0.15, 0.2) is 0 Å². The Morgan fingerprint density at radius 3 is 2.69 bits per heavy atom. The molecule has 0 radical (unpaired) electrons. The smallest absolute Gasteiger partial charge is 0.250 e. The highest BCUT2D eigenvalue weighted by molar-refractivity contribution is 7.89. The molecule has 1 heterocycles. The molecule has 1 amide bonds. The maximum absolute atomic E-state index is 13.2. The van der Waals surface area contributed by atoms with Gasteiger partial charge in [-0.15, -0.1) is 0 Å². The molecule has 0 bridgehead atoms. The van der Waals surface area contributed by atoms with E-state index < -0.39 is 28.3 Å². The fraction of sp³-hybridized carbons (Fsp3) is 0.294. The summed E-state index contributed by atoms with van der Waals surface area (Å²) in [5, 5.41) is 2.58. The lowest BCUT2D eigenvalue weighted by molar-refractivity contribution is -0.119. The lowest BCUT2D eigenvalue weighted by Crippen LogP contribution is -2.37. The summed E-state index contributed by atoms with van der Waals surface area (Å²) < 4.78 is 41.1. The van der Waals surface area contributed by atoms with Crippen molar-refractivity contribution in [3.05, 3.63) is 64.3 Å². The first-order chi connectivity index (χ1) is 12.3. The van der Waals surface area contributed by atoms with Crippen molar-refractivity contribution >= 4 is 15.9 Å². The first-order valence-corrected chi connectivity index (χ1v) is 9.46. The minimum Gasteiger partial charge on any atom is -0.355 e. The normalized spacial score (nSPS) is 11.3. The molecule has 2 rings (SSSR count). The van der Waals surface area contributed by atoms with Crippen molar-refractivity contribution in [1.82, 2.24) is 14.6 Å². The molecule has 26 heavy (non-hydrogen) atoms. The molecule has 1 aromatic carbocycles. The molecule has 140 valence electrons. The van der Waals surface area contributed by atoms with E-state index in [1.807, 2.05) is 0 Å². The van der Waals surface area contributed by atoms with Crippen LogP contribution in [-0.4, -0.2) is 32.0 Å². The molecular weight excluding hydrogens is 361 g/mol. The van der Waals surface area contributed by atoms with E-state index in [0.29, 0.717) is 19.5 Å². The van der Waals surface area contributed by atoms with Crippen LogP contribution in [0.15, 0.2) is 52.3 Å². The number of aromatic nitrogens is 1. The molecule has 0 aliphatic rings. The van der Waals surface area contributed by atoms with Gasteiger partial charge in [0.2, 0.25) is 21.5 Å². The number of halogens is 1. The third kappa shape index (κ3) is 5.50. The quantitative estimate of drug-likeness (QED) is 0.661. The number of carbonyl (C=O) groups is 1. The highest BCUT2D eigenvalue weighted by Gasteiger charge is 2.16. The Labute approximate surface area is 150 Å². The molecule has 0 saturated carbocycles. The van der Waals surface area contributed by atoms with Crippen LogP contribution in [0.3, 0.4) is 0 Å². The van der Waals surface area contributed by atoms with E-state index in [-0.39, 0.29) is 16.0 Å². The van der Waals surface area contributed by atoms with Crippen LogP contribution >= 0.6 is 0 Å². The number of benzene rings is 1. The van der Waals surface area contributed by atoms with Crippen LogP contribution in [-0.2, 0) is 21.4 Å². The molecular formula is C17H20FN3O4S. The molecule has 0 saturated heterocycles. The van der Waals surface area contributed by atoms with Gasteiger partial charge in [-0.25, -0.2) is 17.5 Å². The standard InChI is InChI=1S/C17H20FN3O4S/c1-13-11-14(6-7-15(13)18)26(24,25)20-12-16(22)19-8-4-10-21-9-3-2-5-17(21)23/h2-3,5-7,9,11,20H,4,8,10,12H2,1H3,(H,19,22). The molecule has 7 nitrogen and oxygen atoms in total. The minimum absolute atomic E-state index is 0.104. The fourth-order valence-electron chi connectivity index (χ4n) is 2.21. The van der Waals surface area contributed by atoms with E-state index in [9.17, 15) is 22.4 Å². The number of aryl methyl sites for hydroxylation is 2. The Bertz CT molecular complexity index is 941. The lowest BCUT2D eigenvalue weighted by Gasteiger charge is -2.09. The number of amides is 1. The van der Waals surface area contributed by atoms with Gasteiger partial charge in [-0.1, -0.05) is 6.07 Å². The molecule has 9 heteroatoms. The summed E-state index contributed by atoms with van der Waals surface area (Å²) in [6.45, 7) is 1.78. The van der Waals surface area contributed by atoms with Gasteiger partial charge < -0.3 is 9.88 Å². The number of nitrogens with one attached hydrogen (secondary N) is 2. The van der Waals surface area contributed by atoms with Crippen molar-refractivity contribution in [2.24, 2.45) is 0 Å². The van der Waals surface area contributed by atoms with Crippen LogP contribution in [0.25, 0.3) is 0 Å². The van der Waals surface area contributed by atoms with Gasteiger partial charge in [-0.3, -0.25) is 9.59 Å². The summed E-state index contributed by atoms with van der Waals surface area (Å²) in [4.78, 5) is 23.2. The molecule has 0 fully saturated rings. The molecule has 2 N–H and O–H groups in total. The maximum Gasteiger partial charge on any atom is 0.250 e. The van der Waals surface area contributed by atoms with E-state index >= 15 is 0 Å². The molecule has 2 aromatic rings. The Kier molecular flexibility index (Phi) is 6.64. The van der Waals surface area contributed by atoms with Crippen molar-refractivity contribution in [1.29, 1.82) is 0 Å². The largest absolute Gasteiger partial charge is 0.355 e. The van der Waals surface area contributed by atoms with Crippen molar-refractivity contribution in [3.63, 3.8) is 0 Å². The minimum atomic E-state index is -3.90. The molecule has 0 aliphatic carbocycles. The zero-order valence-electron chi connectivity index (χ0n) is 14.2. The van der Waals surface area contributed by atoms with Crippen LogP contribution in [0, 0.1) is 12.7 Å². The van der Waals surface area contributed by atoms with Crippen molar-refractivity contribution in [2.75, 3.05) is 13.1 Å². The first kappa shape index (κ1) is 19.8. The van der Waals surface area contributed by atoms with Gasteiger partial charge >= 0.3 is 0 Å². The summed E-state index contributed by atoms with van der Waals surface area (Å²) in [5.41, 5.74) is 0.0784. The molecule has 0 unspecified atom stereocenters. The Balaban J connectivity index is 1.78. The number of sulfonamides is 1. The third-order valence-electron chi connectivity index (χ3n) is 3.66. The van der Waals surface area contributed by atoms with Crippen LogP contribution in [0.4, 0.5) is 4.39 Å². The van der Waals surface area contributed by atoms with E-state index in [2.05, 4.69) is 10.0 Å². The van der Waals surface area contributed by atoms with E-state index in [1.165, 1.54) is 23.6 Å². The number of nitrogens with zero attached hydrogens (tertiary/aromatic N) is 1. The van der Waals surface area contributed by atoms with Gasteiger partial charge in [-0.05, 0) is 43.2 Å². The number of pyridine rings is 1. The van der Waals surface area contributed by atoms with Crippen molar-refractivity contribution in [2.45, 2.75) is 24.8 Å². The lowest BCUT2D eigenvalue weighted by atomic mass is 10.2. The summed E-state index contributed by atoms with van der Waals surface area (Å²) in [6.07, 6.45) is 2.18. The Hall–Kier alpha value is -2.52. The molecule has 0 atom stereocenters. The Morgan fingerprint density at radius 1 is 1.23 bits per heavy atom. The Morgan fingerprint density at radius 2 is 2.00 bits per heavy atom. The van der Waals surface area contributed by atoms with Crippen LogP contribution in [0.1, 0.15) is 12.0 Å². The summed E-state index contributed by atoms with van der Waals surface area (Å²) in [7, 11) is -3.90. The van der Waals surface area contributed by atoms with Crippen LogP contribution in [0.2, 0.25) is 0 Å². The van der Waals surface area contributed by atoms with Crippen molar-refractivity contribution in [3.8, 4) is 0 Å². The SMILES string of the molecule is Cc1cc(S(=O)(=O)NCC(=O)NCCCn2ccccc2=O)ccc1F. The highest BCUT2D eigenvalue weighted by Crippen LogP contribution is 2.13. The predicted octanol–water partition coefficient (Wildman–Crippen LogP) is 0.781. The third-order valence-corrected chi connectivity index (χ3v) is 5.06. The van der Waals surface area contributed by atoms with E-state index in [0.717, 1.165) is 12.1 Å². The molecule has 0 aliphatic heterocycles. The predicted molar refractivity (Wildman–Crippen MR) is 94.7 cm³/mol. The number of carbonyl (C=O) groups excluding carboxylic acids is 1. The van der Waals surface area contributed by atoms with E-state index in [4.69, 9.17) is 0 Å². The second kappa shape index (κ2) is 8.72. The second-order valence-corrected chi connectivity index (χ2v) is 7.44. The summed E-state index contributed by atoms with van der Waals surface area (Å²) in [6, 6.07) is 8.24. The summed E-state index contributed by atoms with van der Waals surface area (Å²) >= 11 is 0. The fourth-order valence-corrected chi connectivity index (χ4v) is 3.28. The average Bonchev–Trinajstić information content (AvgIpc) is 2.60. The average molecular weight is 381 g/mol. The van der Waals surface area contributed by atoms with E-state index in [1.54, 1.807) is 18.3 Å². The van der Waals surface area contributed by atoms with Crippen LogP contribution < -0.4 is 15.6 Å². The van der Waals surface area contributed by atoms with Gasteiger partial charge in [0, 0.05) is 25.4 Å². The summed E-state index contributed by atoms with van der Waals surface area (Å²) in [5.74, 6) is -0.993. The van der Waals surface area contributed by atoms with Gasteiger partial charge in [0.25, 0.3) is 0 Å². The first-order valence-electron chi connectivity index (χ1n) is 7.97. The van der Waals surface area contributed by atoms with Gasteiger partial charge in [-0.2, -0.15) is 0 Å². The van der Waals surface area contributed by atoms with Gasteiger partial charge in [0.05, 0.1) is 11.4 Å². The monoisotopic (exact) mass is 381 g/mol. The molecule has 1 aromatic heterocycles. The van der Waals surface area contributed by atoms with Crippen LogP contribution in [0.5, 0.6) is 0 Å². The number of hydrogen-bond donors (Lipinski definition) is 2. The van der Waals surface area contributed by atoms with Gasteiger partial charge in [0.1, 0.15) is 5.82 Å². The second-order valence-electron chi connectivity index (χ2n) is 5.67.